The van der Waals surface area contributed by atoms with Crippen LogP contribution in [0.4, 0.5) is 0 Å². The normalized spacial score (nSPS) is 27.6. The first kappa shape index (κ1) is 14.1. The van der Waals surface area contributed by atoms with E-state index in [9.17, 15) is 0 Å². The van der Waals surface area contributed by atoms with Crippen molar-refractivity contribution in [3.8, 4) is 0 Å². The fourth-order valence-electron chi connectivity index (χ4n) is 1.51. The predicted octanol–water partition coefficient (Wildman–Crippen LogP) is 4.05. The SMILES string of the molecule is C=CCOP1OC(C)(C)C(C)(C)C(C)(C)O1. The van der Waals surface area contributed by atoms with Crippen molar-refractivity contribution in [2.45, 2.75) is 52.7 Å². The lowest BCUT2D eigenvalue weighted by Crippen LogP contribution is -2.57. The Morgan fingerprint density at radius 3 is 1.88 bits per heavy atom. The number of hydrogen-bond donors (Lipinski definition) is 0. The van der Waals surface area contributed by atoms with Crippen molar-refractivity contribution in [1.29, 1.82) is 0 Å². The van der Waals surface area contributed by atoms with Crippen LogP contribution < -0.4 is 0 Å². The maximum absolute atomic E-state index is 5.90. The van der Waals surface area contributed by atoms with Crippen LogP contribution in [0.1, 0.15) is 41.5 Å². The molecule has 1 aliphatic heterocycles. The van der Waals surface area contributed by atoms with E-state index in [1.54, 1.807) is 6.08 Å². The number of hydrogen-bond acceptors (Lipinski definition) is 3. The Bertz CT molecular complexity index is 251. The van der Waals surface area contributed by atoms with Gasteiger partial charge in [-0.25, -0.2) is 0 Å². The molecule has 0 aromatic heterocycles. The summed E-state index contributed by atoms with van der Waals surface area (Å²) in [6, 6.07) is 0. The van der Waals surface area contributed by atoms with Crippen molar-refractivity contribution in [2.24, 2.45) is 5.41 Å². The van der Waals surface area contributed by atoms with Crippen molar-refractivity contribution < 1.29 is 13.6 Å². The van der Waals surface area contributed by atoms with E-state index in [0.29, 0.717) is 6.61 Å². The summed E-state index contributed by atoms with van der Waals surface area (Å²) < 4.78 is 17.3. The van der Waals surface area contributed by atoms with Gasteiger partial charge in [0.2, 0.25) is 0 Å². The molecule has 0 unspecified atom stereocenters. The summed E-state index contributed by atoms with van der Waals surface area (Å²) in [5.74, 6) is 0. The van der Waals surface area contributed by atoms with Crippen molar-refractivity contribution in [3.63, 3.8) is 0 Å². The van der Waals surface area contributed by atoms with Crippen LogP contribution in [0.3, 0.4) is 0 Å². The second-order valence-corrected chi connectivity index (χ2v) is 6.71. The first-order chi connectivity index (χ1) is 7.14. The van der Waals surface area contributed by atoms with Gasteiger partial charge in [-0.2, -0.15) is 0 Å². The zero-order valence-corrected chi connectivity index (χ0v) is 12.1. The van der Waals surface area contributed by atoms with Crippen LogP contribution in [0.5, 0.6) is 0 Å². The molecule has 0 aliphatic carbocycles. The van der Waals surface area contributed by atoms with Gasteiger partial charge in [0.25, 0.3) is 0 Å². The van der Waals surface area contributed by atoms with E-state index in [1.165, 1.54) is 0 Å². The molecular formula is C12H23O3P. The van der Waals surface area contributed by atoms with E-state index in [-0.39, 0.29) is 16.6 Å². The van der Waals surface area contributed by atoms with Gasteiger partial charge in [0.15, 0.2) is 0 Å². The van der Waals surface area contributed by atoms with Gasteiger partial charge in [-0.3, -0.25) is 0 Å². The van der Waals surface area contributed by atoms with E-state index in [1.807, 2.05) is 0 Å². The first-order valence-corrected chi connectivity index (χ1v) is 6.66. The molecule has 1 aliphatic rings. The summed E-state index contributed by atoms with van der Waals surface area (Å²) in [5.41, 5.74) is -0.639. The highest BCUT2D eigenvalue weighted by molar-refractivity contribution is 7.41. The topological polar surface area (TPSA) is 27.7 Å². The monoisotopic (exact) mass is 246 g/mol. The highest BCUT2D eigenvalue weighted by atomic mass is 31.2. The van der Waals surface area contributed by atoms with E-state index >= 15 is 0 Å². The fourth-order valence-corrected chi connectivity index (χ4v) is 3.08. The van der Waals surface area contributed by atoms with Crippen LogP contribution in [-0.2, 0) is 13.6 Å². The summed E-state index contributed by atoms with van der Waals surface area (Å²) in [5, 5.41) is 0. The third-order valence-electron chi connectivity index (χ3n) is 3.91. The van der Waals surface area contributed by atoms with Gasteiger partial charge in [0, 0.05) is 5.41 Å². The fraction of sp³-hybridized carbons (Fsp3) is 0.833. The molecule has 1 fully saturated rings. The van der Waals surface area contributed by atoms with Gasteiger partial charge >= 0.3 is 8.60 Å². The van der Waals surface area contributed by atoms with Crippen molar-refractivity contribution >= 4 is 8.60 Å². The largest absolute Gasteiger partial charge is 0.334 e. The molecule has 4 heteroatoms. The summed E-state index contributed by atoms with van der Waals surface area (Å²) in [4.78, 5) is 0. The highest BCUT2D eigenvalue weighted by Crippen LogP contribution is 2.61. The van der Waals surface area contributed by atoms with E-state index in [4.69, 9.17) is 13.6 Å². The maximum Gasteiger partial charge on any atom is 0.334 e. The molecule has 3 nitrogen and oxygen atoms in total. The minimum absolute atomic E-state index is 0.0869. The quantitative estimate of drug-likeness (QED) is 0.555. The average Bonchev–Trinajstić information content (AvgIpc) is 2.10. The van der Waals surface area contributed by atoms with Crippen molar-refractivity contribution in [3.05, 3.63) is 12.7 Å². The molecule has 16 heavy (non-hydrogen) atoms. The molecule has 0 N–H and O–H groups in total. The summed E-state index contributed by atoms with van der Waals surface area (Å²) in [6.45, 7) is 16.7. The van der Waals surface area contributed by atoms with E-state index in [0.717, 1.165) is 0 Å². The zero-order valence-electron chi connectivity index (χ0n) is 11.2. The molecule has 1 heterocycles. The number of rotatable bonds is 3. The maximum atomic E-state index is 5.90. The highest BCUT2D eigenvalue weighted by Gasteiger charge is 2.56. The molecule has 0 saturated carbocycles. The third-order valence-corrected chi connectivity index (χ3v) is 5.48. The average molecular weight is 246 g/mol. The molecule has 0 amide bonds. The Labute approximate surface area is 100 Å². The lowest BCUT2D eigenvalue weighted by molar-refractivity contribution is -0.172. The molecular weight excluding hydrogens is 223 g/mol. The van der Waals surface area contributed by atoms with Gasteiger partial charge in [-0.15, -0.1) is 6.58 Å². The van der Waals surface area contributed by atoms with Crippen LogP contribution in [0, 0.1) is 5.41 Å². The van der Waals surface area contributed by atoms with Crippen molar-refractivity contribution in [1.82, 2.24) is 0 Å². The van der Waals surface area contributed by atoms with Crippen LogP contribution in [0.15, 0.2) is 12.7 Å². The zero-order chi connectivity index (χ0) is 12.6. The second-order valence-electron chi connectivity index (χ2n) is 5.64. The predicted molar refractivity (Wildman–Crippen MR) is 67.2 cm³/mol. The Morgan fingerprint density at radius 2 is 1.50 bits per heavy atom. The van der Waals surface area contributed by atoms with Gasteiger partial charge in [-0.05, 0) is 27.7 Å². The van der Waals surface area contributed by atoms with Gasteiger partial charge in [0.05, 0.1) is 17.8 Å². The van der Waals surface area contributed by atoms with Crippen LogP contribution in [0.25, 0.3) is 0 Å². The summed E-state index contributed by atoms with van der Waals surface area (Å²) in [6.07, 6.45) is 1.70. The lowest BCUT2D eigenvalue weighted by Gasteiger charge is -2.55. The Kier molecular flexibility index (Phi) is 3.86. The molecule has 94 valence electrons. The van der Waals surface area contributed by atoms with Crippen LogP contribution in [-0.4, -0.2) is 17.8 Å². The molecule has 0 spiro atoms. The van der Waals surface area contributed by atoms with E-state index < -0.39 is 8.60 Å². The molecule has 0 aromatic rings. The minimum atomic E-state index is -1.28. The van der Waals surface area contributed by atoms with Gasteiger partial charge in [-0.1, -0.05) is 19.9 Å². The molecule has 0 aromatic carbocycles. The van der Waals surface area contributed by atoms with Crippen LogP contribution in [0.2, 0.25) is 0 Å². The van der Waals surface area contributed by atoms with Gasteiger partial charge < -0.3 is 13.6 Å². The smallest absolute Gasteiger partial charge is 0.308 e. The molecule has 0 bridgehead atoms. The second kappa shape index (κ2) is 4.38. The first-order valence-electron chi connectivity index (χ1n) is 5.56. The molecule has 1 rings (SSSR count). The Balaban J connectivity index is 2.85. The van der Waals surface area contributed by atoms with Crippen molar-refractivity contribution in [2.75, 3.05) is 6.61 Å². The van der Waals surface area contributed by atoms with Gasteiger partial charge in [0.1, 0.15) is 0 Å². The summed E-state index contributed by atoms with van der Waals surface area (Å²) >= 11 is 0. The lowest BCUT2D eigenvalue weighted by atomic mass is 9.66. The minimum Gasteiger partial charge on any atom is -0.308 e. The molecule has 0 radical (unpaired) electrons. The molecule has 0 atom stereocenters. The Hall–Kier alpha value is 0.0500. The Morgan fingerprint density at radius 1 is 1.06 bits per heavy atom. The standard InChI is InChI=1S/C12H23O3P/c1-8-9-13-16-14-11(4,5)10(2,3)12(6,7)15-16/h8H,1,9H2,2-7H3. The van der Waals surface area contributed by atoms with Crippen LogP contribution >= 0.6 is 8.60 Å². The molecule has 1 saturated heterocycles. The van der Waals surface area contributed by atoms with E-state index in [2.05, 4.69) is 48.1 Å². The summed E-state index contributed by atoms with van der Waals surface area (Å²) in [7, 11) is -1.28. The third kappa shape index (κ3) is 2.33.